The van der Waals surface area contributed by atoms with Gasteiger partial charge in [-0.15, -0.1) is 0 Å². The monoisotopic (exact) mass is 447 g/mol. The van der Waals surface area contributed by atoms with Crippen molar-refractivity contribution in [2.45, 2.75) is 13.8 Å². The zero-order valence-electron chi connectivity index (χ0n) is 15.0. The topological polar surface area (TPSA) is 47.4 Å². The quantitative estimate of drug-likeness (QED) is 0.476. The summed E-state index contributed by atoms with van der Waals surface area (Å²) in [6.07, 6.45) is 0. The van der Waals surface area contributed by atoms with Crippen LogP contribution < -0.4 is 0 Å². The van der Waals surface area contributed by atoms with E-state index in [1.54, 1.807) is 22.9 Å². The third-order valence-corrected chi connectivity index (χ3v) is 4.72. The van der Waals surface area contributed by atoms with E-state index in [0.717, 1.165) is 21.4 Å². The summed E-state index contributed by atoms with van der Waals surface area (Å²) in [7, 11) is 0. The van der Waals surface area contributed by atoms with Crippen LogP contribution in [-0.2, 0) is 4.84 Å². The van der Waals surface area contributed by atoms with Crippen molar-refractivity contribution in [1.29, 1.82) is 0 Å². The first-order chi connectivity index (χ1) is 13.0. The predicted octanol–water partition coefficient (Wildman–Crippen LogP) is 5.37. The van der Waals surface area contributed by atoms with Crippen LogP contribution in [0.5, 0.6) is 0 Å². The molecule has 1 heterocycles. The maximum absolute atomic E-state index is 12.8. The summed E-state index contributed by atoms with van der Waals surface area (Å²) in [5.74, 6) is -0.273. The van der Waals surface area contributed by atoms with Gasteiger partial charge in [0.1, 0.15) is 0 Å². The third kappa shape index (κ3) is 4.40. The van der Waals surface area contributed by atoms with Crippen LogP contribution in [0, 0.1) is 0 Å². The van der Waals surface area contributed by atoms with Crippen molar-refractivity contribution in [3.8, 4) is 16.9 Å². The van der Waals surface area contributed by atoms with Gasteiger partial charge in [-0.1, -0.05) is 39.7 Å². The first-order valence-corrected chi connectivity index (χ1v) is 9.77. The number of carbonyl (C=O) groups excluding carboxylic acids is 1. The van der Waals surface area contributed by atoms with Gasteiger partial charge < -0.3 is 0 Å². The first-order valence-electron chi connectivity index (χ1n) is 8.60. The molecule has 3 aromatic rings. The summed E-state index contributed by atoms with van der Waals surface area (Å²) in [5.41, 5.74) is 2.88. The summed E-state index contributed by atoms with van der Waals surface area (Å²) >= 11 is 9.46. The highest BCUT2D eigenvalue weighted by Gasteiger charge is 2.21. The second-order valence-electron chi connectivity index (χ2n) is 5.73. The van der Waals surface area contributed by atoms with Gasteiger partial charge in [0.25, 0.3) is 5.91 Å². The predicted molar refractivity (Wildman–Crippen MR) is 110 cm³/mol. The van der Waals surface area contributed by atoms with Crippen molar-refractivity contribution < 1.29 is 9.63 Å². The molecule has 0 spiro atoms. The maximum atomic E-state index is 12.8. The molecule has 0 saturated heterocycles. The van der Waals surface area contributed by atoms with Gasteiger partial charge in [0.2, 0.25) is 0 Å². The largest absolute Gasteiger partial charge is 0.297 e. The van der Waals surface area contributed by atoms with E-state index < -0.39 is 0 Å². The van der Waals surface area contributed by atoms with E-state index in [1.807, 2.05) is 50.2 Å². The number of hydrogen-bond acceptors (Lipinski definition) is 3. The van der Waals surface area contributed by atoms with Crippen molar-refractivity contribution in [2.24, 2.45) is 0 Å². The number of halogens is 2. The molecule has 0 saturated carbocycles. The van der Waals surface area contributed by atoms with E-state index in [0.29, 0.717) is 23.9 Å². The molecular weight excluding hydrogens is 430 g/mol. The number of carbonyl (C=O) groups is 1. The van der Waals surface area contributed by atoms with E-state index in [1.165, 1.54) is 5.06 Å². The van der Waals surface area contributed by atoms with Gasteiger partial charge in [-0.2, -0.15) is 5.10 Å². The van der Waals surface area contributed by atoms with Gasteiger partial charge in [0.15, 0.2) is 5.69 Å². The standard InChI is InChI=1S/C20H19BrClN3O2/c1-3-24(27-4-2)20(26)18-13-19(14-5-7-15(21)8-6-14)25(23-18)17-11-9-16(22)10-12-17/h5-13H,3-4H2,1-2H3. The number of amides is 1. The van der Waals surface area contributed by atoms with Crippen LogP contribution in [0.15, 0.2) is 59.1 Å². The molecule has 0 unspecified atom stereocenters. The van der Waals surface area contributed by atoms with Crippen molar-refractivity contribution in [1.82, 2.24) is 14.8 Å². The third-order valence-electron chi connectivity index (χ3n) is 3.94. The number of benzene rings is 2. The molecule has 0 N–H and O–H groups in total. The molecule has 0 aliphatic rings. The lowest BCUT2D eigenvalue weighted by Gasteiger charge is -2.17. The lowest BCUT2D eigenvalue weighted by atomic mass is 10.1. The second kappa shape index (κ2) is 8.69. The summed E-state index contributed by atoms with van der Waals surface area (Å²) in [6, 6.07) is 17.0. The molecule has 0 fully saturated rings. The summed E-state index contributed by atoms with van der Waals surface area (Å²) in [6.45, 7) is 4.56. The molecule has 1 aromatic heterocycles. The van der Waals surface area contributed by atoms with Gasteiger partial charge in [-0.3, -0.25) is 9.63 Å². The van der Waals surface area contributed by atoms with Crippen molar-refractivity contribution in [3.63, 3.8) is 0 Å². The van der Waals surface area contributed by atoms with Crippen LogP contribution in [-0.4, -0.2) is 33.9 Å². The molecule has 5 nitrogen and oxygen atoms in total. The van der Waals surface area contributed by atoms with Crippen molar-refractivity contribution in [3.05, 3.63) is 69.8 Å². The highest BCUT2D eigenvalue weighted by Crippen LogP contribution is 2.27. The molecule has 0 aliphatic carbocycles. The van der Waals surface area contributed by atoms with E-state index in [4.69, 9.17) is 16.4 Å². The molecule has 0 bridgehead atoms. The Balaban J connectivity index is 2.09. The van der Waals surface area contributed by atoms with Crippen LogP contribution in [0.2, 0.25) is 5.02 Å². The molecule has 0 atom stereocenters. The van der Waals surface area contributed by atoms with Crippen molar-refractivity contribution in [2.75, 3.05) is 13.2 Å². The van der Waals surface area contributed by atoms with Crippen LogP contribution in [0.4, 0.5) is 0 Å². The van der Waals surface area contributed by atoms with E-state index in [9.17, 15) is 4.79 Å². The molecule has 7 heteroatoms. The zero-order valence-corrected chi connectivity index (χ0v) is 17.4. The fraction of sp³-hybridized carbons (Fsp3) is 0.200. The van der Waals surface area contributed by atoms with Gasteiger partial charge in [0, 0.05) is 21.6 Å². The van der Waals surface area contributed by atoms with Crippen LogP contribution in [0.1, 0.15) is 24.3 Å². The highest BCUT2D eigenvalue weighted by molar-refractivity contribution is 9.10. The van der Waals surface area contributed by atoms with Crippen LogP contribution >= 0.6 is 27.5 Å². The fourth-order valence-corrected chi connectivity index (χ4v) is 3.06. The minimum absolute atomic E-state index is 0.273. The minimum atomic E-state index is -0.273. The number of rotatable bonds is 6. The number of aromatic nitrogens is 2. The van der Waals surface area contributed by atoms with E-state index in [-0.39, 0.29) is 5.91 Å². The normalized spacial score (nSPS) is 10.8. The number of hydroxylamine groups is 2. The molecule has 0 aliphatic heterocycles. The Morgan fingerprint density at radius 3 is 2.41 bits per heavy atom. The average Bonchev–Trinajstić information content (AvgIpc) is 3.12. The molecule has 140 valence electrons. The Labute approximate surface area is 171 Å². The van der Waals surface area contributed by atoms with E-state index >= 15 is 0 Å². The summed E-state index contributed by atoms with van der Waals surface area (Å²) in [5, 5.41) is 6.51. The van der Waals surface area contributed by atoms with Crippen molar-refractivity contribution >= 4 is 33.4 Å². The van der Waals surface area contributed by atoms with E-state index in [2.05, 4.69) is 21.0 Å². The van der Waals surface area contributed by atoms with Crippen LogP contribution in [0.25, 0.3) is 16.9 Å². The second-order valence-corrected chi connectivity index (χ2v) is 7.08. The zero-order chi connectivity index (χ0) is 19.4. The molecule has 27 heavy (non-hydrogen) atoms. The Bertz CT molecular complexity index is 860. The molecule has 2 aromatic carbocycles. The SMILES string of the molecule is CCON(CC)C(=O)c1cc(-c2ccc(Br)cc2)n(-c2ccc(Cl)cc2)n1. The number of hydrogen-bond donors (Lipinski definition) is 0. The fourth-order valence-electron chi connectivity index (χ4n) is 2.67. The lowest BCUT2D eigenvalue weighted by molar-refractivity contribution is -0.115. The summed E-state index contributed by atoms with van der Waals surface area (Å²) < 4.78 is 2.72. The lowest BCUT2D eigenvalue weighted by Crippen LogP contribution is -2.31. The van der Waals surface area contributed by atoms with Gasteiger partial charge in [0.05, 0.1) is 18.0 Å². The highest BCUT2D eigenvalue weighted by atomic mass is 79.9. The number of nitrogens with zero attached hydrogens (tertiary/aromatic N) is 3. The summed E-state index contributed by atoms with van der Waals surface area (Å²) in [4.78, 5) is 18.2. The van der Waals surface area contributed by atoms with Crippen LogP contribution in [0.3, 0.4) is 0 Å². The Hall–Kier alpha value is -2.15. The smallest absolute Gasteiger partial charge is 0.271 e. The minimum Gasteiger partial charge on any atom is -0.271 e. The maximum Gasteiger partial charge on any atom is 0.297 e. The van der Waals surface area contributed by atoms with Gasteiger partial charge in [-0.05, 0) is 56.3 Å². The Morgan fingerprint density at radius 2 is 1.81 bits per heavy atom. The average molecular weight is 449 g/mol. The van der Waals surface area contributed by atoms with Gasteiger partial charge in [-0.25, -0.2) is 9.75 Å². The van der Waals surface area contributed by atoms with Gasteiger partial charge >= 0.3 is 0 Å². The molecule has 3 rings (SSSR count). The molecular formula is C20H19BrClN3O2. The Kier molecular flexibility index (Phi) is 6.31. The Morgan fingerprint density at radius 1 is 1.15 bits per heavy atom. The first kappa shape index (κ1) is 19.6. The molecule has 0 radical (unpaired) electrons. The molecule has 1 amide bonds.